The van der Waals surface area contributed by atoms with Crippen molar-refractivity contribution in [1.29, 1.82) is 0 Å². The van der Waals surface area contributed by atoms with Crippen LogP contribution < -0.4 is 0 Å². The minimum absolute atomic E-state index is 0.0941. The highest BCUT2D eigenvalue weighted by atomic mass is 16.5. The maximum atomic E-state index is 11.2. The first-order chi connectivity index (χ1) is 12.2. The maximum Gasteiger partial charge on any atom is 0.306 e. The molecular weight excluding hydrogens is 312 g/mol. The number of rotatable bonds is 9. The van der Waals surface area contributed by atoms with E-state index in [-0.39, 0.29) is 24.1 Å². The molecule has 1 saturated carbocycles. The zero-order chi connectivity index (χ0) is 17.9. The Bertz CT molecular complexity index is 515. The van der Waals surface area contributed by atoms with E-state index >= 15 is 0 Å². The Morgan fingerprint density at radius 1 is 1.00 bits per heavy atom. The molecular formula is C22H32O3. The molecule has 2 rings (SSSR count). The lowest BCUT2D eigenvalue weighted by Gasteiger charge is -2.17. The molecule has 0 aromatic heterocycles. The first kappa shape index (κ1) is 19.7. The van der Waals surface area contributed by atoms with Crippen molar-refractivity contribution in [3.05, 3.63) is 48.6 Å². The zero-order valence-electron chi connectivity index (χ0n) is 15.3. The van der Waals surface area contributed by atoms with E-state index in [9.17, 15) is 9.90 Å². The van der Waals surface area contributed by atoms with Gasteiger partial charge in [0.05, 0.1) is 6.10 Å². The largest absolute Gasteiger partial charge is 0.458 e. The smallest absolute Gasteiger partial charge is 0.306 e. The molecule has 0 amide bonds. The molecule has 138 valence electrons. The fraction of sp³-hybridized carbons (Fsp3) is 0.591. The van der Waals surface area contributed by atoms with Gasteiger partial charge in [0.1, 0.15) is 6.10 Å². The molecule has 2 fully saturated rings. The van der Waals surface area contributed by atoms with Crippen molar-refractivity contribution in [3.8, 4) is 0 Å². The van der Waals surface area contributed by atoms with E-state index in [2.05, 4.69) is 49.5 Å². The molecule has 3 nitrogen and oxygen atoms in total. The molecule has 2 aliphatic rings. The number of carbonyl (C=O) groups is 1. The van der Waals surface area contributed by atoms with Crippen LogP contribution in [0.5, 0.6) is 0 Å². The van der Waals surface area contributed by atoms with Crippen LogP contribution in [0.3, 0.4) is 0 Å². The first-order valence-electron chi connectivity index (χ1n) is 9.71. The number of carbonyl (C=O) groups excluding carboxylic acids is 1. The van der Waals surface area contributed by atoms with Crippen LogP contribution in [0.2, 0.25) is 0 Å². The third kappa shape index (κ3) is 7.03. The summed E-state index contributed by atoms with van der Waals surface area (Å²) < 4.78 is 5.22. The van der Waals surface area contributed by atoms with E-state index in [0.717, 1.165) is 44.9 Å². The molecule has 1 N–H and O–H groups in total. The van der Waals surface area contributed by atoms with Gasteiger partial charge in [-0.25, -0.2) is 0 Å². The molecule has 0 bridgehead atoms. The van der Waals surface area contributed by atoms with Gasteiger partial charge >= 0.3 is 5.97 Å². The SMILES string of the molecule is CC/C=C\C/C=C\C/C=C\C[C@H]1CC[C@H](O)[C@H]1/C=C/[C@H]1CCC(=O)O1. The highest BCUT2D eigenvalue weighted by Crippen LogP contribution is 2.36. The van der Waals surface area contributed by atoms with Crippen molar-refractivity contribution in [2.45, 2.75) is 70.5 Å². The van der Waals surface area contributed by atoms with Crippen LogP contribution in [0.1, 0.15) is 58.3 Å². The zero-order valence-corrected chi connectivity index (χ0v) is 15.3. The summed E-state index contributed by atoms with van der Waals surface area (Å²) in [6, 6.07) is 0. The summed E-state index contributed by atoms with van der Waals surface area (Å²) in [5.74, 6) is 0.550. The lowest BCUT2D eigenvalue weighted by Crippen LogP contribution is -2.17. The minimum Gasteiger partial charge on any atom is -0.458 e. The van der Waals surface area contributed by atoms with Crippen LogP contribution in [0.15, 0.2) is 48.6 Å². The van der Waals surface area contributed by atoms with E-state index in [1.807, 2.05) is 6.08 Å². The van der Waals surface area contributed by atoms with Crippen molar-refractivity contribution in [2.24, 2.45) is 11.8 Å². The predicted octanol–water partition coefficient (Wildman–Crippen LogP) is 4.88. The maximum absolute atomic E-state index is 11.2. The quantitative estimate of drug-likeness (QED) is 0.479. The minimum atomic E-state index is -0.267. The summed E-state index contributed by atoms with van der Waals surface area (Å²) in [5.41, 5.74) is 0. The standard InChI is InChI=1S/C22H32O3/c1-2-3-4-5-6-7-8-9-10-11-18-12-16-21(23)20(18)15-13-19-14-17-22(24)25-19/h3-4,6-7,9-10,13,15,18-21,23H,2,5,8,11-12,14,16-17H2,1H3/b4-3-,7-6-,10-9-,15-13+/t18-,19-,20-,21-/m0/s1. The highest BCUT2D eigenvalue weighted by molar-refractivity contribution is 5.71. The number of aliphatic hydroxyl groups is 1. The van der Waals surface area contributed by atoms with Crippen LogP contribution in [-0.2, 0) is 9.53 Å². The van der Waals surface area contributed by atoms with Gasteiger partial charge in [0, 0.05) is 12.3 Å². The van der Waals surface area contributed by atoms with E-state index < -0.39 is 0 Å². The number of hydrogen-bond donors (Lipinski definition) is 1. The Hall–Kier alpha value is -1.61. The van der Waals surface area contributed by atoms with Gasteiger partial charge in [-0.1, -0.05) is 49.5 Å². The second kappa shape index (κ2) is 11.1. The van der Waals surface area contributed by atoms with Gasteiger partial charge in [-0.05, 0) is 56.9 Å². The molecule has 3 heteroatoms. The molecule has 1 heterocycles. The van der Waals surface area contributed by atoms with E-state index in [0.29, 0.717) is 12.3 Å². The molecule has 0 aromatic rings. The molecule has 0 aromatic carbocycles. The molecule has 0 radical (unpaired) electrons. The molecule has 0 spiro atoms. The molecule has 1 aliphatic carbocycles. The lowest BCUT2D eigenvalue weighted by atomic mass is 9.90. The van der Waals surface area contributed by atoms with Crippen LogP contribution in [0.25, 0.3) is 0 Å². The first-order valence-corrected chi connectivity index (χ1v) is 9.71. The van der Waals surface area contributed by atoms with E-state index in [4.69, 9.17) is 4.74 Å². The summed E-state index contributed by atoms with van der Waals surface area (Å²) in [6.07, 6.45) is 24.2. The number of allylic oxidation sites excluding steroid dienone is 6. The number of hydrogen-bond acceptors (Lipinski definition) is 3. The van der Waals surface area contributed by atoms with Gasteiger partial charge in [-0.2, -0.15) is 0 Å². The molecule has 1 saturated heterocycles. The van der Waals surface area contributed by atoms with Gasteiger partial charge in [0.25, 0.3) is 0 Å². The average Bonchev–Trinajstić information content (AvgIpc) is 3.17. The average molecular weight is 344 g/mol. The van der Waals surface area contributed by atoms with Crippen LogP contribution in [0, 0.1) is 11.8 Å². The Morgan fingerprint density at radius 2 is 1.72 bits per heavy atom. The number of aliphatic hydroxyl groups excluding tert-OH is 1. The summed E-state index contributed by atoms with van der Waals surface area (Å²) in [5, 5.41) is 10.2. The Kier molecular flexibility index (Phi) is 8.75. The number of esters is 1. The van der Waals surface area contributed by atoms with Gasteiger partial charge in [-0.3, -0.25) is 4.79 Å². The topological polar surface area (TPSA) is 46.5 Å². The summed E-state index contributed by atoms with van der Waals surface area (Å²) in [6.45, 7) is 2.14. The van der Waals surface area contributed by atoms with Crippen molar-refractivity contribution in [3.63, 3.8) is 0 Å². The fourth-order valence-electron chi connectivity index (χ4n) is 3.56. The monoisotopic (exact) mass is 344 g/mol. The highest BCUT2D eigenvalue weighted by Gasteiger charge is 2.32. The Labute approximate surface area is 152 Å². The molecule has 4 atom stereocenters. The van der Waals surface area contributed by atoms with Gasteiger partial charge in [-0.15, -0.1) is 0 Å². The second-order valence-corrected chi connectivity index (χ2v) is 6.96. The van der Waals surface area contributed by atoms with Crippen molar-refractivity contribution < 1.29 is 14.6 Å². The van der Waals surface area contributed by atoms with Gasteiger partial charge in [0.15, 0.2) is 0 Å². The summed E-state index contributed by atoms with van der Waals surface area (Å²) in [4.78, 5) is 11.2. The predicted molar refractivity (Wildman–Crippen MR) is 102 cm³/mol. The van der Waals surface area contributed by atoms with Crippen molar-refractivity contribution in [1.82, 2.24) is 0 Å². The lowest BCUT2D eigenvalue weighted by molar-refractivity contribution is -0.140. The summed E-state index contributed by atoms with van der Waals surface area (Å²) >= 11 is 0. The van der Waals surface area contributed by atoms with Crippen LogP contribution in [0.4, 0.5) is 0 Å². The number of ether oxygens (including phenoxy) is 1. The van der Waals surface area contributed by atoms with Gasteiger partial charge < -0.3 is 9.84 Å². The van der Waals surface area contributed by atoms with Crippen molar-refractivity contribution >= 4 is 5.97 Å². The van der Waals surface area contributed by atoms with Gasteiger partial charge in [0.2, 0.25) is 0 Å². The van der Waals surface area contributed by atoms with E-state index in [1.165, 1.54) is 0 Å². The molecule has 1 aliphatic heterocycles. The third-order valence-corrected chi connectivity index (χ3v) is 5.00. The van der Waals surface area contributed by atoms with Crippen molar-refractivity contribution in [2.75, 3.05) is 0 Å². The fourth-order valence-corrected chi connectivity index (χ4v) is 3.56. The van der Waals surface area contributed by atoms with Crippen LogP contribution >= 0.6 is 0 Å². The van der Waals surface area contributed by atoms with E-state index in [1.54, 1.807) is 0 Å². The Morgan fingerprint density at radius 3 is 2.40 bits per heavy atom. The van der Waals surface area contributed by atoms with Crippen LogP contribution in [-0.4, -0.2) is 23.3 Å². The normalized spacial score (nSPS) is 30.6. The third-order valence-electron chi connectivity index (χ3n) is 5.00. The molecule has 25 heavy (non-hydrogen) atoms. The Balaban J connectivity index is 1.72. The second-order valence-electron chi connectivity index (χ2n) is 6.96. The summed E-state index contributed by atoms with van der Waals surface area (Å²) in [7, 11) is 0. The number of cyclic esters (lactones) is 1. The molecule has 0 unspecified atom stereocenters.